The second-order valence-electron chi connectivity index (χ2n) is 4.13. The van der Waals surface area contributed by atoms with E-state index in [1.807, 2.05) is 42.5 Å². The molecule has 0 unspecified atom stereocenters. The summed E-state index contributed by atoms with van der Waals surface area (Å²) in [6.07, 6.45) is 0. The van der Waals surface area contributed by atoms with Gasteiger partial charge in [0, 0.05) is 15.4 Å². The van der Waals surface area contributed by atoms with Crippen LogP contribution in [0.3, 0.4) is 0 Å². The summed E-state index contributed by atoms with van der Waals surface area (Å²) in [6.45, 7) is 0. The highest BCUT2D eigenvalue weighted by Gasteiger charge is 2.05. The van der Waals surface area contributed by atoms with Crippen molar-refractivity contribution in [2.45, 2.75) is 0 Å². The zero-order valence-electron chi connectivity index (χ0n) is 9.70. The number of fused-ring (bicyclic) bond motifs is 1. The van der Waals surface area contributed by atoms with E-state index in [9.17, 15) is 0 Å². The lowest BCUT2D eigenvalue weighted by molar-refractivity contribution is 1.40. The van der Waals surface area contributed by atoms with Gasteiger partial charge in [0.2, 0.25) is 0 Å². The smallest absolute Gasteiger partial charge is 0.0720 e. The van der Waals surface area contributed by atoms with Crippen molar-refractivity contribution in [1.29, 1.82) is 0 Å². The molecular weight excluding hydrogens is 345 g/mol. The largest absolute Gasteiger partial charge is 0.248 e. The van der Waals surface area contributed by atoms with E-state index in [0.29, 0.717) is 10.0 Å². The molecule has 0 amide bonds. The highest BCUT2D eigenvalue weighted by atomic mass is 79.9. The molecule has 3 aromatic rings. The van der Waals surface area contributed by atoms with Crippen molar-refractivity contribution in [2.24, 2.45) is 0 Å². The van der Waals surface area contributed by atoms with Crippen LogP contribution in [0.25, 0.3) is 22.2 Å². The van der Waals surface area contributed by atoms with Crippen molar-refractivity contribution < 1.29 is 0 Å². The average Bonchev–Trinajstić information content (AvgIpc) is 2.42. The standard InChI is InChI=1S/C15H8BrCl2N/c16-11-2-1-3-15-10(11)5-7-14(19-15)9-4-6-12(17)13(18)8-9/h1-8H. The van der Waals surface area contributed by atoms with Gasteiger partial charge in [0.15, 0.2) is 0 Å². The van der Waals surface area contributed by atoms with Gasteiger partial charge < -0.3 is 0 Å². The molecule has 0 spiro atoms. The zero-order chi connectivity index (χ0) is 13.4. The number of nitrogens with zero attached hydrogens (tertiary/aromatic N) is 1. The molecule has 0 saturated carbocycles. The SMILES string of the molecule is Clc1ccc(-c2ccc3c(Br)cccc3n2)cc1Cl. The molecule has 94 valence electrons. The molecule has 0 N–H and O–H groups in total. The van der Waals surface area contributed by atoms with Gasteiger partial charge in [-0.15, -0.1) is 0 Å². The lowest BCUT2D eigenvalue weighted by Gasteiger charge is -2.05. The highest BCUT2D eigenvalue weighted by Crippen LogP contribution is 2.30. The minimum Gasteiger partial charge on any atom is -0.248 e. The fraction of sp³-hybridized carbons (Fsp3) is 0. The predicted octanol–water partition coefficient (Wildman–Crippen LogP) is 5.97. The molecule has 2 aromatic carbocycles. The monoisotopic (exact) mass is 351 g/mol. The van der Waals surface area contributed by atoms with Gasteiger partial charge in [0.05, 0.1) is 21.3 Å². The van der Waals surface area contributed by atoms with Crippen LogP contribution in [0.15, 0.2) is 53.0 Å². The Morgan fingerprint density at radius 1 is 0.895 bits per heavy atom. The van der Waals surface area contributed by atoms with Crippen molar-refractivity contribution in [3.8, 4) is 11.3 Å². The summed E-state index contributed by atoms with van der Waals surface area (Å²) in [5.41, 5.74) is 2.78. The van der Waals surface area contributed by atoms with E-state index in [4.69, 9.17) is 23.2 Å². The Morgan fingerprint density at radius 2 is 1.74 bits per heavy atom. The van der Waals surface area contributed by atoms with Gasteiger partial charge >= 0.3 is 0 Å². The summed E-state index contributed by atoms with van der Waals surface area (Å²) < 4.78 is 1.04. The van der Waals surface area contributed by atoms with Gasteiger partial charge in [-0.2, -0.15) is 0 Å². The normalized spacial score (nSPS) is 10.9. The predicted molar refractivity (Wildman–Crippen MR) is 84.9 cm³/mol. The maximum absolute atomic E-state index is 6.04. The first-order chi connectivity index (χ1) is 9.15. The molecule has 1 aromatic heterocycles. The number of halogens is 3. The highest BCUT2D eigenvalue weighted by molar-refractivity contribution is 9.10. The van der Waals surface area contributed by atoms with E-state index in [1.54, 1.807) is 6.07 Å². The lowest BCUT2D eigenvalue weighted by atomic mass is 10.1. The topological polar surface area (TPSA) is 12.9 Å². The molecular formula is C15H8BrCl2N. The van der Waals surface area contributed by atoms with Crippen LogP contribution < -0.4 is 0 Å². The first kappa shape index (κ1) is 12.9. The molecule has 4 heteroatoms. The van der Waals surface area contributed by atoms with Crippen molar-refractivity contribution in [2.75, 3.05) is 0 Å². The van der Waals surface area contributed by atoms with Gasteiger partial charge in [-0.05, 0) is 36.4 Å². The van der Waals surface area contributed by atoms with Crippen LogP contribution in [0.1, 0.15) is 0 Å². The number of hydrogen-bond donors (Lipinski definition) is 0. The van der Waals surface area contributed by atoms with Crippen LogP contribution in [-0.2, 0) is 0 Å². The van der Waals surface area contributed by atoms with E-state index in [-0.39, 0.29) is 0 Å². The number of rotatable bonds is 1. The van der Waals surface area contributed by atoms with E-state index in [0.717, 1.165) is 26.6 Å². The molecule has 0 radical (unpaired) electrons. The van der Waals surface area contributed by atoms with Crippen LogP contribution in [0, 0.1) is 0 Å². The number of aromatic nitrogens is 1. The molecule has 0 aliphatic heterocycles. The molecule has 1 heterocycles. The maximum Gasteiger partial charge on any atom is 0.0720 e. The van der Waals surface area contributed by atoms with Crippen LogP contribution in [0.4, 0.5) is 0 Å². The Kier molecular flexibility index (Phi) is 3.48. The van der Waals surface area contributed by atoms with Crippen LogP contribution in [0.5, 0.6) is 0 Å². The van der Waals surface area contributed by atoms with Gasteiger partial charge in [-0.3, -0.25) is 0 Å². The molecule has 1 nitrogen and oxygen atoms in total. The first-order valence-corrected chi connectivity index (χ1v) is 7.21. The second kappa shape index (κ2) is 5.12. The van der Waals surface area contributed by atoms with E-state index in [1.165, 1.54) is 0 Å². The van der Waals surface area contributed by atoms with Crippen molar-refractivity contribution in [1.82, 2.24) is 4.98 Å². The van der Waals surface area contributed by atoms with Gasteiger partial charge in [-0.1, -0.05) is 51.3 Å². The minimum absolute atomic E-state index is 0.537. The van der Waals surface area contributed by atoms with Gasteiger partial charge in [-0.25, -0.2) is 4.98 Å². The number of benzene rings is 2. The Labute approximate surface area is 129 Å². The summed E-state index contributed by atoms with van der Waals surface area (Å²) in [5.74, 6) is 0. The summed E-state index contributed by atoms with van der Waals surface area (Å²) in [4.78, 5) is 4.65. The molecule has 0 saturated heterocycles. The molecule has 0 bridgehead atoms. The Morgan fingerprint density at radius 3 is 2.53 bits per heavy atom. The summed E-state index contributed by atoms with van der Waals surface area (Å²) >= 11 is 15.5. The average molecular weight is 353 g/mol. The molecule has 19 heavy (non-hydrogen) atoms. The van der Waals surface area contributed by atoms with Gasteiger partial charge in [0.25, 0.3) is 0 Å². The van der Waals surface area contributed by atoms with Crippen molar-refractivity contribution in [3.05, 3.63) is 63.0 Å². The van der Waals surface area contributed by atoms with E-state index < -0.39 is 0 Å². The maximum atomic E-state index is 6.04. The number of hydrogen-bond acceptors (Lipinski definition) is 1. The fourth-order valence-electron chi connectivity index (χ4n) is 1.93. The Balaban J connectivity index is 2.17. The van der Waals surface area contributed by atoms with Gasteiger partial charge in [0.1, 0.15) is 0 Å². The first-order valence-electron chi connectivity index (χ1n) is 5.66. The van der Waals surface area contributed by atoms with Crippen LogP contribution >= 0.6 is 39.1 Å². The van der Waals surface area contributed by atoms with Crippen LogP contribution in [0.2, 0.25) is 10.0 Å². The van der Waals surface area contributed by atoms with Crippen molar-refractivity contribution >= 4 is 50.0 Å². The third kappa shape index (κ3) is 2.48. The molecule has 3 rings (SSSR count). The Hall–Kier alpha value is -1.09. The quantitative estimate of drug-likeness (QED) is 0.525. The van der Waals surface area contributed by atoms with E-state index >= 15 is 0 Å². The zero-order valence-corrected chi connectivity index (χ0v) is 12.8. The Bertz CT molecular complexity index is 771. The lowest BCUT2D eigenvalue weighted by Crippen LogP contribution is -1.86. The van der Waals surface area contributed by atoms with E-state index in [2.05, 4.69) is 20.9 Å². The third-order valence-corrected chi connectivity index (χ3v) is 4.32. The molecule has 0 fully saturated rings. The number of pyridine rings is 1. The summed E-state index contributed by atoms with van der Waals surface area (Å²) in [6, 6.07) is 15.5. The second-order valence-corrected chi connectivity index (χ2v) is 5.80. The fourth-order valence-corrected chi connectivity index (χ4v) is 2.72. The summed E-state index contributed by atoms with van der Waals surface area (Å²) in [7, 11) is 0. The molecule has 0 atom stereocenters. The van der Waals surface area contributed by atoms with Crippen molar-refractivity contribution in [3.63, 3.8) is 0 Å². The summed E-state index contributed by atoms with van der Waals surface area (Å²) in [5, 5.41) is 2.18. The molecule has 0 aliphatic rings. The van der Waals surface area contributed by atoms with Crippen LogP contribution in [-0.4, -0.2) is 4.98 Å². The third-order valence-electron chi connectivity index (χ3n) is 2.89. The molecule has 0 aliphatic carbocycles. The minimum atomic E-state index is 0.537.